The van der Waals surface area contributed by atoms with Crippen molar-refractivity contribution in [3.05, 3.63) is 29.3 Å². The molecule has 0 spiro atoms. The number of aryl methyl sites for hydroxylation is 1. The second-order valence-corrected chi connectivity index (χ2v) is 3.43. The molecule has 15 heavy (non-hydrogen) atoms. The summed E-state index contributed by atoms with van der Waals surface area (Å²) >= 11 is 0. The van der Waals surface area contributed by atoms with Gasteiger partial charge < -0.3 is 15.5 Å². The van der Waals surface area contributed by atoms with Crippen LogP contribution in [0.4, 0.5) is 4.39 Å². The van der Waals surface area contributed by atoms with Crippen LogP contribution in [0.2, 0.25) is 0 Å². The molecule has 1 rings (SSSR count). The number of aliphatic hydroxyl groups is 2. The molecule has 1 heterocycles. The maximum atomic E-state index is 12.8. The van der Waals surface area contributed by atoms with Gasteiger partial charge in [0, 0.05) is 12.7 Å². The average Bonchev–Trinajstić information content (AvgIpc) is 2.21. The Bertz CT molecular complexity index is 333. The lowest BCUT2D eigenvalue weighted by Crippen LogP contribution is -2.30. The van der Waals surface area contributed by atoms with E-state index in [1.54, 1.807) is 14.0 Å². The van der Waals surface area contributed by atoms with E-state index in [0.29, 0.717) is 11.1 Å². The molecule has 0 bridgehead atoms. The van der Waals surface area contributed by atoms with E-state index < -0.39 is 18.2 Å². The lowest BCUT2D eigenvalue weighted by atomic mass is 10.0. The lowest BCUT2D eigenvalue weighted by Gasteiger charge is -2.19. The average molecular weight is 214 g/mol. The zero-order valence-corrected chi connectivity index (χ0v) is 8.74. The van der Waals surface area contributed by atoms with Crippen LogP contribution in [0.25, 0.3) is 0 Å². The molecular weight excluding hydrogens is 199 g/mol. The van der Waals surface area contributed by atoms with E-state index in [2.05, 4.69) is 10.3 Å². The number of nitrogens with zero attached hydrogens (tertiary/aromatic N) is 1. The summed E-state index contributed by atoms with van der Waals surface area (Å²) in [6.45, 7) is 1.95. The van der Waals surface area contributed by atoms with Crippen LogP contribution in [0, 0.1) is 12.9 Å². The van der Waals surface area contributed by atoms with Crippen LogP contribution >= 0.6 is 0 Å². The smallest absolute Gasteiger partial charge is 0.213 e. The molecule has 0 aliphatic carbocycles. The van der Waals surface area contributed by atoms with Gasteiger partial charge in [-0.2, -0.15) is 4.39 Å². The fourth-order valence-electron chi connectivity index (χ4n) is 1.36. The predicted octanol–water partition coefficient (Wildman–Crippen LogP) is 0.143. The van der Waals surface area contributed by atoms with Crippen LogP contribution in [0.1, 0.15) is 17.2 Å². The van der Waals surface area contributed by atoms with Crippen molar-refractivity contribution >= 4 is 0 Å². The molecule has 1 aromatic heterocycles. The number of pyridine rings is 1. The Morgan fingerprint density at radius 1 is 1.53 bits per heavy atom. The van der Waals surface area contributed by atoms with Gasteiger partial charge in [-0.15, -0.1) is 0 Å². The van der Waals surface area contributed by atoms with Crippen LogP contribution < -0.4 is 5.32 Å². The SMILES string of the molecule is CNCC(O)C(O)c1cc(F)ncc1C. The molecule has 0 saturated heterocycles. The molecule has 4 nitrogen and oxygen atoms in total. The van der Waals surface area contributed by atoms with Crippen molar-refractivity contribution in [2.45, 2.75) is 19.1 Å². The Kier molecular flexibility index (Phi) is 4.14. The number of halogens is 1. The van der Waals surface area contributed by atoms with Crippen molar-refractivity contribution in [1.82, 2.24) is 10.3 Å². The van der Waals surface area contributed by atoms with Crippen molar-refractivity contribution in [2.75, 3.05) is 13.6 Å². The molecule has 0 fully saturated rings. The standard InChI is InChI=1S/C10H15FN2O2/c1-6-4-13-9(11)3-7(6)10(15)8(14)5-12-2/h3-4,8,10,12,14-15H,5H2,1-2H3. The van der Waals surface area contributed by atoms with E-state index >= 15 is 0 Å². The topological polar surface area (TPSA) is 65.4 Å². The van der Waals surface area contributed by atoms with Gasteiger partial charge in [0.05, 0.1) is 6.10 Å². The van der Waals surface area contributed by atoms with E-state index in [1.807, 2.05) is 0 Å². The first kappa shape index (κ1) is 12.0. The first-order valence-corrected chi connectivity index (χ1v) is 4.69. The largest absolute Gasteiger partial charge is 0.389 e. The van der Waals surface area contributed by atoms with Crippen LogP contribution in [-0.2, 0) is 0 Å². The highest BCUT2D eigenvalue weighted by molar-refractivity contribution is 5.25. The van der Waals surface area contributed by atoms with Crippen molar-refractivity contribution in [2.24, 2.45) is 0 Å². The third-order valence-corrected chi connectivity index (χ3v) is 2.21. The normalized spacial score (nSPS) is 15.0. The molecule has 3 N–H and O–H groups in total. The summed E-state index contributed by atoms with van der Waals surface area (Å²) in [5, 5.41) is 22.0. The third kappa shape index (κ3) is 2.95. The Hall–Kier alpha value is -1.04. The molecule has 1 aromatic rings. The minimum atomic E-state index is -1.10. The highest BCUT2D eigenvalue weighted by atomic mass is 19.1. The van der Waals surface area contributed by atoms with Gasteiger partial charge in [-0.05, 0) is 31.2 Å². The summed E-state index contributed by atoms with van der Waals surface area (Å²) in [5.41, 5.74) is 1.02. The van der Waals surface area contributed by atoms with E-state index in [0.717, 1.165) is 6.07 Å². The predicted molar refractivity (Wildman–Crippen MR) is 53.8 cm³/mol. The molecule has 0 aliphatic heterocycles. The van der Waals surface area contributed by atoms with Crippen molar-refractivity contribution in [3.63, 3.8) is 0 Å². The summed E-state index contributed by atoms with van der Waals surface area (Å²) in [4.78, 5) is 3.45. The Morgan fingerprint density at radius 3 is 2.80 bits per heavy atom. The Labute approximate surface area is 87.8 Å². The molecule has 2 unspecified atom stereocenters. The zero-order chi connectivity index (χ0) is 11.4. The fraction of sp³-hybridized carbons (Fsp3) is 0.500. The molecule has 0 aromatic carbocycles. The number of likely N-dealkylation sites (N-methyl/N-ethyl adjacent to an activating group) is 1. The summed E-state index contributed by atoms with van der Waals surface area (Å²) < 4.78 is 12.8. The third-order valence-electron chi connectivity index (χ3n) is 2.21. The van der Waals surface area contributed by atoms with Crippen LogP contribution in [0.15, 0.2) is 12.3 Å². The summed E-state index contributed by atoms with van der Waals surface area (Å²) in [6, 6.07) is 1.14. The van der Waals surface area contributed by atoms with Crippen molar-refractivity contribution in [3.8, 4) is 0 Å². The highest BCUT2D eigenvalue weighted by Gasteiger charge is 2.20. The van der Waals surface area contributed by atoms with Crippen LogP contribution in [-0.4, -0.2) is 34.9 Å². The first-order chi connectivity index (χ1) is 7.06. The van der Waals surface area contributed by atoms with Gasteiger partial charge in [0.25, 0.3) is 0 Å². The lowest BCUT2D eigenvalue weighted by molar-refractivity contribution is 0.0196. The Morgan fingerprint density at radius 2 is 2.20 bits per heavy atom. The fourth-order valence-corrected chi connectivity index (χ4v) is 1.36. The minimum absolute atomic E-state index is 0.241. The Balaban J connectivity index is 2.89. The minimum Gasteiger partial charge on any atom is -0.389 e. The molecule has 0 amide bonds. The van der Waals surface area contributed by atoms with E-state index in [1.165, 1.54) is 6.20 Å². The molecule has 0 saturated carbocycles. The van der Waals surface area contributed by atoms with Gasteiger partial charge in [0.1, 0.15) is 6.10 Å². The maximum Gasteiger partial charge on any atom is 0.213 e. The molecule has 84 valence electrons. The molecule has 0 radical (unpaired) electrons. The number of hydrogen-bond acceptors (Lipinski definition) is 4. The molecule has 5 heteroatoms. The quantitative estimate of drug-likeness (QED) is 0.624. The van der Waals surface area contributed by atoms with Crippen molar-refractivity contribution in [1.29, 1.82) is 0 Å². The summed E-state index contributed by atoms with van der Waals surface area (Å²) in [6.07, 6.45) is -0.731. The van der Waals surface area contributed by atoms with Crippen molar-refractivity contribution < 1.29 is 14.6 Å². The van der Waals surface area contributed by atoms with Gasteiger partial charge in [0.15, 0.2) is 0 Å². The van der Waals surface area contributed by atoms with Gasteiger partial charge in [-0.25, -0.2) is 4.98 Å². The molecule has 2 atom stereocenters. The highest BCUT2D eigenvalue weighted by Crippen LogP contribution is 2.20. The van der Waals surface area contributed by atoms with Gasteiger partial charge in [-0.1, -0.05) is 0 Å². The molecular formula is C10H15FN2O2. The monoisotopic (exact) mass is 214 g/mol. The number of rotatable bonds is 4. The van der Waals surface area contributed by atoms with Crippen LogP contribution in [0.3, 0.4) is 0 Å². The summed E-state index contributed by atoms with van der Waals surface area (Å²) in [7, 11) is 1.66. The van der Waals surface area contributed by atoms with Crippen LogP contribution in [0.5, 0.6) is 0 Å². The van der Waals surface area contributed by atoms with E-state index in [4.69, 9.17) is 0 Å². The van der Waals surface area contributed by atoms with Gasteiger partial charge >= 0.3 is 0 Å². The zero-order valence-electron chi connectivity index (χ0n) is 8.74. The number of hydrogen-bond donors (Lipinski definition) is 3. The molecule has 0 aliphatic rings. The number of aromatic nitrogens is 1. The van der Waals surface area contributed by atoms with Gasteiger partial charge in [-0.3, -0.25) is 0 Å². The van der Waals surface area contributed by atoms with Gasteiger partial charge in [0.2, 0.25) is 5.95 Å². The first-order valence-electron chi connectivity index (χ1n) is 4.69. The van der Waals surface area contributed by atoms with E-state index in [-0.39, 0.29) is 6.54 Å². The van der Waals surface area contributed by atoms with E-state index in [9.17, 15) is 14.6 Å². The summed E-state index contributed by atoms with van der Waals surface area (Å²) in [5.74, 6) is -0.661. The number of nitrogens with one attached hydrogen (secondary N) is 1. The second kappa shape index (κ2) is 5.16. The second-order valence-electron chi connectivity index (χ2n) is 3.43. The number of aliphatic hydroxyl groups excluding tert-OH is 2. The maximum absolute atomic E-state index is 12.8.